The van der Waals surface area contributed by atoms with Crippen molar-refractivity contribution in [3.8, 4) is 0 Å². The second-order valence-electron chi connectivity index (χ2n) is 8.13. The molecule has 0 spiro atoms. The molecule has 0 saturated carbocycles. The fourth-order valence-corrected chi connectivity index (χ4v) is 4.12. The highest BCUT2D eigenvalue weighted by atomic mass is 35.5. The van der Waals surface area contributed by atoms with Crippen molar-refractivity contribution in [2.45, 2.75) is 20.8 Å². The predicted molar refractivity (Wildman–Crippen MR) is 133 cm³/mol. The van der Waals surface area contributed by atoms with Crippen molar-refractivity contribution >= 4 is 70.0 Å². The number of rotatable bonds is 3. The molecule has 9 nitrogen and oxygen atoms in total. The summed E-state index contributed by atoms with van der Waals surface area (Å²) in [5.41, 5.74) is 2.63. The Balaban J connectivity index is 1.72. The number of urea groups is 1. The Morgan fingerprint density at radius 1 is 0.857 bits per heavy atom. The third-order valence-electron chi connectivity index (χ3n) is 5.80. The summed E-state index contributed by atoms with van der Waals surface area (Å²) in [6, 6.07) is 8.74. The molecule has 2 aliphatic heterocycles. The van der Waals surface area contributed by atoms with Crippen molar-refractivity contribution in [3.63, 3.8) is 0 Å². The van der Waals surface area contributed by atoms with Crippen LogP contribution in [0.25, 0.3) is 0 Å². The molecule has 11 heteroatoms. The van der Waals surface area contributed by atoms with Gasteiger partial charge in [0.1, 0.15) is 11.5 Å². The van der Waals surface area contributed by atoms with Gasteiger partial charge in [-0.3, -0.25) is 29.4 Å². The van der Waals surface area contributed by atoms with E-state index in [4.69, 9.17) is 23.8 Å². The Labute approximate surface area is 210 Å². The highest BCUT2D eigenvalue weighted by Gasteiger charge is 2.42. The highest BCUT2D eigenvalue weighted by Crippen LogP contribution is 2.28. The van der Waals surface area contributed by atoms with Crippen LogP contribution in [0.3, 0.4) is 0 Å². The van der Waals surface area contributed by atoms with Crippen molar-refractivity contribution in [2.75, 3.05) is 9.80 Å². The van der Waals surface area contributed by atoms with Gasteiger partial charge in [-0.15, -0.1) is 0 Å². The number of anilines is 2. The monoisotopic (exact) mass is 510 g/mol. The quantitative estimate of drug-likeness (QED) is 0.284. The number of benzene rings is 2. The Morgan fingerprint density at radius 3 is 2.11 bits per heavy atom. The Hall–Kier alpha value is -3.89. The van der Waals surface area contributed by atoms with Gasteiger partial charge in [0.25, 0.3) is 11.8 Å². The Morgan fingerprint density at radius 2 is 1.49 bits per heavy atom. The van der Waals surface area contributed by atoms with Gasteiger partial charge in [-0.25, -0.2) is 9.69 Å². The number of aryl methyl sites for hydroxylation is 3. The van der Waals surface area contributed by atoms with Crippen LogP contribution in [-0.4, -0.2) is 34.8 Å². The van der Waals surface area contributed by atoms with Crippen molar-refractivity contribution < 1.29 is 24.0 Å². The van der Waals surface area contributed by atoms with E-state index in [9.17, 15) is 24.0 Å². The average molecular weight is 511 g/mol. The first kappa shape index (κ1) is 24.2. The first-order valence-corrected chi connectivity index (χ1v) is 11.2. The van der Waals surface area contributed by atoms with E-state index in [2.05, 4.69) is 10.6 Å². The minimum atomic E-state index is -1.54. The predicted octanol–water partition coefficient (Wildman–Crippen LogP) is 2.84. The molecule has 6 amide bonds. The highest BCUT2D eigenvalue weighted by molar-refractivity contribution is 7.80. The van der Waals surface area contributed by atoms with Gasteiger partial charge in [0.15, 0.2) is 5.11 Å². The van der Waals surface area contributed by atoms with E-state index in [1.54, 1.807) is 31.2 Å². The SMILES string of the molecule is Cc1ccc(N2C(=O)[C@@H](/C=C3\C(=O)NC(=O)N(c4ccc(C)c(Cl)c4)C3=O)C(=O)NC2=S)cc1C. The molecule has 0 radical (unpaired) electrons. The molecule has 35 heavy (non-hydrogen) atoms. The van der Waals surface area contributed by atoms with Crippen LogP contribution in [0.15, 0.2) is 48.0 Å². The summed E-state index contributed by atoms with van der Waals surface area (Å²) < 4.78 is 0. The lowest BCUT2D eigenvalue weighted by Crippen LogP contribution is -2.59. The molecule has 0 bridgehead atoms. The number of nitrogens with zero attached hydrogens (tertiary/aromatic N) is 2. The van der Waals surface area contributed by atoms with E-state index < -0.39 is 41.2 Å². The maximum atomic E-state index is 13.3. The fourth-order valence-electron chi connectivity index (χ4n) is 3.65. The molecule has 0 aliphatic carbocycles. The second-order valence-corrected chi connectivity index (χ2v) is 8.92. The van der Waals surface area contributed by atoms with E-state index in [1.165, 1.54) is 12.1 Å². The summed E-state index contributed by atoms with van der Waals surface area (Å²) in [6.45, 7) is 5.52. The molecule has 2 aromatic rings. The van der Waals surface area contributed by atoms with Crippen LogP contribution in [0.1, 0.15) is 16.7 Å². The number of imide groups is 2. The van der Waals surface area contributed by atoms with Crippen molar-refractivity contribution in [2.24, 2.45) is 5.92 Å². The van der Waals surface area contributed by atoms with Crippen LogP contribution < -0.4 is 20.4 Å². The van der Waals surface area contributed by atoms with Gasteiger partial charge < -0.3 is 5.32 Å². The van der Waals surface area contributed by atoms with Gasteiger partial charge in [-0.1, -0.05) is 23.7 Å². The first-order chi connectivity index (χ1) is 16.5. The summed E-state index contributed by atoms with van der Waals surface area (Å²) in [5, 5.41) is 4.69. The van der Waals surface area contributed by atoms with Gasteiger partial charge in [0, 0.05) is 5.02 Å². The summed E-state index contributed by atoms with van der Waals surface area (Å²) in [7, 11) is 0. The molecule has 0 aromatic heterocycles. The smallest absolute Gasteiger partial charge is 0.301 e. The molecular weight excluding hydrogens is 492 g/mol. The Bertz CT molecular complexity index is 1390. The topological polar surface area (TPSA) is 116 Å². The van der Waals surface area contributed by atoms with E-state index in [-0.39, 0.29) is 10.8 Å². The van der Waals surface area contributed by atoms with Gasteiger partial charge in [-0.05, 0) is 80.0 Å². The minimum absolute atomic E-state index is 0.122. The summed E-state index contributed by atoms with van der Waals surface area (Å²) in [4.78, 5) is 66.0. The molecule has 1 atom stereocenters. The number of carbonyl (C=O) groups excluding carboxylic acids is 5. The molecule has 2 aliphatic rings. The number of thiocarbonyl (C=S) groups is 1. The number of hydrogen-bond acceptors (Lipinski definition) is 6. The van der Waals surface area contributed by atoms with Gasteiger partial charge in [-0.2, -0.15) is 0 Å². The molecule has 2 aromatic carbocycles. The van der Waals surface area contributed by atoms with E-state index in [1.807, 2.05) is 13.8 Å². The minimum Gasteiger partial charge on any atom is -0.301 e. The standard InChI is InChI=1S/C24H19ClN4O5S/c1-11-4-6-14(8-13(11)3)29-22(33)17(20(31)27-24(29)35)10-16-19(30)26-23(34)28(21(16)32)15-7-5-12(2)18(25)9-15/h4-10,17H,1-3H3,(H,26,30,34)(H,27,31,35)/b16-10+/t17-/m0/s1. The lowest BCUT2D eigenvalue weighted by Gasteiger charge is -2.32. The number of carbonyl (C=O) groups is 5. The average Bonchev–Trinajstić information content (AvgIpc) is 2.77. The van der Waals surface area contributed by atoms with E-state index >= 15 is 0 Å². The zero-order chi connectivity index (χ0) is 25.6. The lowest BCUT2D eigenvalue weighted by atomic mass is 9.98. The maximum absolute atomic E-state index is 13.3. The van der Waals surface area contributed by atoms with Crippen LogP contribution in [0.2, 0.25) is 5.02 Å². The van der Waals surface area contributed by atoms with Crippen LogP contribution >= 0.6 is 23.8 Å². The second kappa shape index (κ2) is 9.05. The van der Waals surface area contributed by atoms with Crippen molar-refractivity contribution in [1.29, 1.82) is 0 Å². The number of amides is 6. The Kier molecular flexibility index (Phi) is 6.27. The third kappa shape index (κ3) is 4.33. The summed E-state index contributed by atoms with van der Waals surface area (Å²) >= 11 is 11.3. The molecule has 4 rings (SSSR count). The molecule has 2 fully saturated rings. The molecule has 0 unspecified atom stereocenters. The molecular formula is C24H19ClN4O5S. The van der Waals surface area contributed by atoms with Gasteiger partial charge >= 0.3 is 6.03 Å². The van der Waals surface area contributed by atoms with Crippen molar-refractivity contribution in [3.05, 3.63) is 69.8 Å². The zero-order valence-corrected chi connectivity index (χ0v) is 20.4. The fraction of sp³-hybridized carbons (Fsp3) is 0.167. The lowest BCUT2D eigenvalue weighted by molar-refractivity contribution is -0.131. The third-order valence-corrected chi connectivity index (χ3v) is 6.49. The number of halogens is 1. The summed E-state index contributed by atoms with van der Waals surface area (Å²) in [5.74, 6) is -5.09. The maximum Gasteiger partial charge on any atom is 0.335 e. The summed E-state index contributed by atoms with van der Waals surface area (Å²) in [6.07, 6.45) is 0.945. The van der Waals surface area contributed by atoms with Crippen LogP contribution in [0.4, 0.5) is 16.2 Å². The molecule has 2 N–H and O–H groups in total. The largest absolute Gasteiger partial charge is 0.335 e. The van der Waals surface area contributed by atoms with Crippen molar-refractivity contribution in [1.82, 2.24) is 10.6 Å². The van der Waals surface area contributed by atoms with Gasteiger partial charge in [0.2, 0.25) is 11.8 Å². The zero-order valence-electron chi connectivity index (χ0n) is 18.8. The number of nitrogens with one attached hydrogen (secondary N) is 2. The number of barbiturate groups is 1. The molecule has 178 valence electrons. The van der Waals surface area contributed by atoms with Crippen LogP contribution in [0, 0.1) is 26.7 Å². The molecule has 2 heterocycles. The first-order valence-electron chi connectivity index (χ1n) is 10.4. The normalized spacial score (nSPS) is 19.9. The van der Waals surface area contributed by atoms with Crippen LogP contribution in [0.5, 0.6) is 0 Å². The van der Waals surface area contributed by atoms with E-state index in [0.29, 0.717) is 10.7 Å². The van der Waals surface area contributed by atoms with Gasteiger partial charge in [0.05, 0.1) is 11.4 Å². The van der Waals surface area contributed by atoms with Crippen LogP contribution in [-0.2, 0) is 19.2 Å². The molecule has 2 saturated heterocycles. The number of hydrogen-bond donors (Lipinski definition) is 2. The van der Waals surface area contributed by atoms with E-state index in [0.717, 1.165) is 32.6 Å².